The van der Waals surface area contributed by atoms with Crippen molar-refractivity contribution in [1.82, 2.24) is 9.97 Å². The average molecular weight is 278 g/mol. The third-order valence-electron chi connectivity index (χ3n) is 2.90. The van der Waals surface area contributed by atoms with Crippen molar-refractivity contribution in [1.29, 1.82) is 0 Å². The van der Waals surface area contributed by atoms with Crippen LogP contribution < -0.4 is 10.2 Å². The number of anilines is 3. The summed E-state index contributed by atoms with van der Waals surface area (Å²) in [5.41, 5.74) is 0.403. The van der Waals surface area contributed by atoms with Gasteiger partial charge in [0.15, 0.2) is 11.6 Å². The van der Waals surface area contributed by atoms with Crippen molar-refractivity contribution < 1.29 is 8.78 Å². The first-order valence-corrected chi connectivity index (χ1v) is 6.44. The topological polar surface area (TPSA) is 41.1 Å². The maximum Gasteiger partial charge on any atom is 0.229 e. The van der Waals surface area contributed by atoms with Gasteiger partial charge in [0, 0.05) is 31.0 Å². The predicted molar refractivity (Wildman–Crippen MR) is 75.2 cm³/mol. The minimum Gasteiger partial charge on any atom is -0.357 e. The van der Waals surface area contributed by atoms with Crippen molar-refractivity contribution >= 4 is 17.5 Å². The van der Waals surface area contributed by atoms with E-state index in [1.807, 2.05) is 19.9 Å². The van der Waals surface area contributed by atoms with Crippen LogP contribution in [0.1, 0.15) is 13.8 Å². The number of halogens is 2. The van der Waals surface area contributed by atoms with Gasteiger partial charge in [0.05, 0.1) is 0 Å². The Morgan fingerprint density at radius 3 is 2.50 bits per heavy atom. The van der Waals surface area contributed by atoms with Gasteiger partial charge in [0.25, 0.3) is 0 Å². The highest BCUT2D eigenvalue weighted by atomic mass is 19.2. The van der Waals surface area contributed by atoms with Gasteiger partial charge in [-0.15, -0.1) is 0 Å². The second-order valence-corrected chi connectivity index (χ2v) is 4.16. The highest BCUT2D eigenvalue weighted by Crippen LogP contribution is 2.18. The molecule has 4 nitrogen and oxygen atoms in total. The molecular formula is C14H16F2N4. The molecule has 0 unspecified atom stereocenters. The Bertz CT molecular complexity index is 585. The molecule has 2 aromatic rings. The molecule has 0 radical (unpaired) electrons. The van der Waals surface area contributed by atoms with Crippen LogP contribution in [-0.4, -0.2) is 23.1 Å². The summed E-state index contributed by atoms with van der Waals surface area (Å²) in [6, 6.07) is 5.38. The van der Waals surface area contributed by atoms with E-state index in [0.717, 1.165) is 31.0 Å². The van der Waals surface area contributed by atoms with Crippen LogP contribution in [0.15, 0.2) is 30.5 Å². The summed E-state index contributed by atoms with van der Waals surface area (Å²) in [6.45, 7) is 5.73. The largest absolute Gasteiger partial charge is 0.357 e. The maximum absolute atomic E-state index is 13.1. The minimum atomic E-state index is -0.908. The molecule has 0 aliphatic carbocycles. The molecule has 0 bridgehead atoms. The molecule has 0 atom stereocenters. The monoisotopic (exact) mass is 278 g/mol. The third kappa shape index (κ3) is 3.20. The molecule has 0 fully saturated rings. The Morgan fingerprint density at radius 2 is 1.85 bits per heavy atom. The molecule has 6 heteroatoms. The second-order valence-electron chi connectivity index (χ2n) is 4.16. The van der Waals surface area contributed by atoms with Crippen LogP contribution in [0, 0.1) is 11.6 Å². The van der Waals surface area contributed by atoms with E-state index in [1.54, 1.807) is 6.20 Å². The van der Waals surface area contributed by atoms with Gasteiger partial charge in [-0.05, 0) is 32.0 Å². The van der Waals surface area contributed by atoms with E-state index in [0.29, 0.717) is 11.6 Å². The van der Waals surface area contributed by atoms with E-state index in [9.17, 15) is 8.78 Å². The minimum absolute atomic E-state index is 0.348. The molecule has 106 valence electrons. The zero-order valence-corrected chi connectivity index (χ0v) is 11.4. The lowest BCUT2D eigenvalue weighted by molar-refractivity contribution is 0.509. The van der Waals surface area contributed by atoms with Crippen LogP contribution in [0.4, 0.5) is 26.2 Å². The molecule has 0 saturated carbocycles. The number of nitrogens with zero attached hydrogens (tertiary/aromatic N) is 3. The lowest BCUT2D eigenvalue weighted by atomic mass is 10.3. The molecular weight excluding hydrogens is 262 g/mol. The SMILES string of the molecule is CCN(CC)c1ccnc(Nc2ccc(F)c(F)c2)n1. The Labute approximate surface area is 116 Å². The molecule has 20 heavy (non-hydrogen) atoms. The van der Waals surface area contributed by atoms with Crippen molar-refractivity contribution in [3.8, 4) is 0 Å². The first-order chi connectivity index (χ1) is 9.63. The summed E-state index contributed by atoms with van der Waals surface area (Å²) in [5, 5.41) is 2.86. The number of hydrogen-bond acceptors (Lipinski definition) is 4. The fraction of sp³-hybridized carbons (Fsp3) is 0.286. The van der Waals surface area contributed by atoms with Crippen molar-refractivity contribution in [3.05, 3.63) is 42.1 Å². The highest BCUT2D eigenvalue weighted by Gasteiger charge is 2.07. The lowest BCUT2D eigenvalue weighted by Crippen LogP contribution is -2.23. The fourth-order valence-corrected chi connectivity index (χ4v) is 1.84. The Morgan fingerprint density at radius 1 is 1.10 bits per heavy atom. The van der Waals surface area contributed by atoms with Crippen molar-refractivity contribution in [2.75, 3.05) is 23.3 Å². The summed E-state index contributed by atoms with van der Waals surface area (Å²) >= 11 is 0. The molecule has 1 aromatic heterocycles. The number of rotatable bonds is 5. The van der Waals surface area contributed by atoms with Crippen LogP contribution >= 0.6 is 0 Å². The normalized spacial score (nSPS) is 10.4. The van der Waals surface area contributed by atoms with Gasteiger partial charge in [0.1, 0.15) is 5.82 Å². The van der Waals surface area contributed by atoms with Crippen molar-refractivity contribution in [3.63, 3.8) is 0 Å². The van der Waals surface area contributed by atoms with Gasteiger partial charge in [-0.3, -0.25) is 0 Å². The molecule has 0 aliphatic rings. The van der Waals surface area contributed by atoms with E-state index in [-0.39, 0.29) is 0 Å². The third-order valence-corrected chi connectivity index (χ3v) is 2.90. The zero-order valence-electron chi connectivity index (χ0n) is 11.4. The second kappa shape index (κ2) is 6.27. The maximum atomic E-state index is 13.1. The van der Waals surface area contributed by atoms with Gasteiger partial charge in [-0.2, -0.15) is 4.98 Å². The fourth-order valence-electron chi connectivity index (χ4n) is 1.84. The van der Waals surface area contributed by atoms with Crippen LogP contribution in [0.5, 0.6) is 0 Å². The molecule has 1 aromatic carbocycles. The van der Waals surface area contributed by atoms with Gasteiger partial charge < -0.3 is 10.2 Å². The number of nitrogens with one attached hydrogen (secondary N) is 1. The quantitative estimate of drug-likeness (QED) is 0.910. The smallest absolute Gasteiger partial charge is 0.229 e. The molecule has 0 saturated heterocycles. The summed E-state index contributed by atoms with van der Waals surface area (Å²) in [6.07, 6.45) is 1.63. The zero-order chi connectivity index (χ0) is 14.5. The summed E-state index contributed by atoms with van der Waals surface area (Å²) in [5.74, 6) is -0.654. The van der Waals surface area contributed by atoms with E-state index < -0.39 is 11.6 Å². The van der Waals surface area contributed by atoms with Crippen molar-refractivity contribution in [2.45, 2.75) is 13.8 Å². The molecule has 2 rings (SSSR count). The standard InChI is InChI=1S/C14H16F2N4/c1-3-20(4-2)13-7-8-17-14(19-13)18-10-5-6-11(15)12(16)9-10/h5-9H,3-4H2,1-2H3,(H,17,18,19). The van der Waals surface area contributed by atoms with Crippen molar-refractivity contribution in [2.24, 2.45) is 0 Å². The molecule has 0 amide bonds. The van der Waals surface area contributed by atoms with Gasteiger partial charge in [0.2, 0.25) is 5.95 Å². The molecule has 0 aliphatic heterocycles. The number of hydrogen-bond donors (Lipinski definition) is 1. The summed E-state index contributed by atoms with van der Waals surface area (Å²) in [7, 11) is 0. The van der Waals surface area contributed by atoms with Gasteiger partial charge in [-0.25, -0.2) is 13.8 Å². The van der Waals surface area contributed by atoms with Gasteiger partial charge in [-0.1, -0.05) is 0 Å². The molecule has 0 spiro atoms. The predicted octanol–water partition coefficient (Wildman–Crippen LogP) is 3.34. The van der Waals surface area contributed by atoms with Crippen LogP contribution in [0.2, 0.25) is 0 Å². The van der Waals surface area contributed by atoms with Crippen LogP contribution in [0.25, 0.3) is 0 Å². The van der Waals surface area contributed by atoms with Gasteiger partial charge >= 0.3 is 0 Å². The van der Waals surface area contributed by atoms with E-state index in [2.05, 4.69) is 20.2 Å². The van der Waals surface area contributed by atoms with E-state index >= 15 is 0 Å². The molecule has 1 N–H and O–H groups in total. The van der Waals surface area contributed by atoms with Crippen LogP contribution in [0.3, 0.4) is 0 Å². The first-order valence-electron chi connectivity index (χ1n) is 6.44. The number of aromatic nitrogens is 2. The highest BCUT2D eigenvalue weighted by molar-refractivity contribution is 5.55. The average Bonchev–Trinajstić information content (AvgIpc) is 2.45. The first kappa shape index (κ1) is 14.2. The molecule has 1 heterocycles. The summed E-state index contributed by atoms with van der Waals surface area (Å²) in [4.78, 5) is 10.5. The Kier molecular flexibility index (Phi) is 4.45. The Balaban J connectivity index is 2.21. The summed E-state index contributed by atoms with van der Waals surface area (Å²) < 4.78 is 26.0. The van der Waals surface area contributed by atoms with E-state index in [4.69, 9.17) is 0 Å². The lowest BCUT2D eigenvalue weighted by Gasteiger charge is -2.19. The van der Waals surface area contributed by atoms with Crippen LogP contribution in [-0.2, 0) is 0 Å². The number of benzene rings is 1. The Hall–Kier alpha value is -2.24. The van der Waals surface area contributed by atoms with E-state index in [1.165, 1.54) is 6.07 Å².